The third kappa shape index (κ3) is 2.08. The van der Waals surface area contributed by atoms with E-state index in [0.717, 1.165) is 25.1 Å². The van der Waals surface area contributed by atoms with E-state index in [9.17, 15) is 9.90 Å². The second-order valence-electron chi connectivity index (χ2n) is 5.69. The minimum absolute atomic E-state index is 0.0633. The van der Waals surface area contributed by atoms with E-state index in [1.807, 2.05) is 6.92 Å². The number of pyridine rings is 1. The van der Waals surface area contributed by atoms with E-state index in [2.05, 4.69) is 4.98 Å². The summed E-state index contributed by atoms with van der Waals surface area (Å²) in [7, 11) is 0. The number of fused-ring (bicyclic) bond motifs is 1. The Balaban J connectivity index is 1.78. The van der Waals surface area contributed by atoms with Crippen molar-refractivity contribution in [3.8, 4) is 0 Å². The van der Waals surface area contributed by atoms with E-state index >= 15 is 0 Å². The average Bonchev–Trinajstić information content (AvgIpc) is 2.91. The van der Waals surface area contributed by atoms with Gasteiger partial charge in [-0.3, -0.25) is 9.78 Å². The molecule has 0 radical (unpaired) electrons. The molecule has 1 saturated carbocycles. The quantitative estimate of drug-likeness (QED) is 0.784. The van der Waals surface area contributed by atoms with Crippen LogP contribution in [0.5, 0.6) is 0 Å². The van der Waals surface area contributed by atoms with E-state index in [1.54, 1.807) is 17.2 Å². The van der Waals surface area contributed by atoms with Gasteiger partial charge in [0, 0.05) is 36.6 Å². The number of anilines is 1. The lowest BCUT2D eigenvalue weighted by molar-refractivity contribution is 0.0753. The molecule has 2 aliphatic rings. The van der Waals surface area contributed by atoms with Crippen molar-refractivity contribution in [1.29, 1.82) is 0 Å². The zero-order valence-electron chi connectivity index (χ0n) is 11.0. The Morgan fingerprint density at radius 3 is 2.95 bits per heavy atom. The summed E-state index contributed by atoms with van der Waals surface area (Å²) in [4.78, 5) is 18.4. The Bertz CT molecular complexity index is 517. The molecular weight excluding hydrogens is 242 g/mol. The van der Waals surface area contributed by atoms with Crippen LogP contribution in [0.15, 0.2) is 12.3 Å². The number of likely N-dealkylation sites (tertiary alicyclic amines) is 1. The summed E-state index contributed by atoms with van der Waals surface area (Å²) in [6.45, 7) is 3.22. The van der Waals surface area contributed by atoms with Gasteiger partial charge in [0.25, 0.3) is 5.91 Å². The van der Waals surface area contributed by atoms with Gasteiger partial charge in [0.15, 0.2) is 0 Å². The SMILES string of the molecule is Cc1cc(N)c(C(=O)N2CC3CCC(O)C3C2)cn1. The second-order valence-corrected chi connectivity index (χ2v) is 5.69. The molecule has 3 N–H and O–H groups in total. The third-order valence-corrected chi connectivity index (χ3v) is 4.41. The molecule has 0 bridgehead atoms. The highest BCUT2D eigenvalue weighted by molar-refractivity contribution is 5.99. The molecule has 5 nitrogen and oxygen atoms in total. The molecule has 102 valence electrons. The van der Waals surface area contributed by atoms with Crippen LogP contribution in [0.25, 0.3) is 0 Å². The lowest BCUT2D eigenvalue weighted by atomic mass is 10.00. The van der Waals surface area contributed by atoms with Crippen molar-refractivity contribution in [1.82, 2.24) is 9.88 Å². The Kier molecular flexibility index (Phi) is 2.93. The molecule has 19 heavy (non-hydrogen) atoms. The summed E-state index contributed by atoms with van der Waals surface area (Å²) in [6, 6.07) is 1.72. The fourth-order valence-corrected chi connectivity index (χ4v) is 3.33. The lowest BCUT2D eigenvalue weighted by Gasteiger charge is -2.19. The van der Waals surface area contributed by atoms with Crippen LogP contribution in [0.3, 0.4) is 0 Å². The number of aromatic nitrogens is 1. The van der Waals surface area contributed by atoms with E-state index in [-0.39, 0.29) is 17.9 Å². The first-order valence-corrected chi connectivity index (χ1v) is 6.75. The van der Waals surface area contributed by atoms with Crippen LogP contribution in [-0.4, -0.2) is 40.1 Å². The van der Waals surface area contributed by atoms with Gasteiger partial charge in [-0.2, -0.15) is 0 Å². The topological polar surface area (TPSA) is 79.5 Å². The number of nitrogen functional groups attached to an aromatic ring is 1. The number of carbonyl (C=O) groups excluding carboxylic acids is 1. The van der Waals surface area contributed by atoms with Gasteiger partial charge in [-0.05, 0) is 31.7 Å². The molecule has 3 atom stereocenters. The monoisotopic (exact) mass is 261 g/mol. The van der Waals surface area contributed by atoms with Crippen molar-refractivity contribution in [2.24, 2.45) is 11.8 Å². The van der Waals surface area contributed by atoms with Gasteiger partial charge in [-0.15, -0.1) is 0 Å². The molecule has 1 aromatic heterocycles. The van der Waals surface area contributed by atoms with Crippen LogP contribution in [0.1, 0.15) is 28.9 Å². The summed E-state index contributed by atoms with van der Waals surface area (Å²) in [6.07, 6.45) is 3.18. The molecular formula is C14H19N3O2. The smallest absolute Gasteiger partial charge is 0.257 e. The van der Waals surface area contributed by atoms with Gasteiger partial charge in [0.1, 0.15) is 0 Å². The molecule has 1 aliphatic heterocycles. The lowest BCUT2D eigenvalue weighted by Crippen LogP contribution is -2.31. The predicted octanol–water partition coefficient (Wildman–Crippen LogP) is 0.815. The molecule has 2 heterocycles. The van der Waals surface area contributed by atoms with Gasteiger partial charge in [-0.25, -0.2) is 0 Å². The fourth-order valence-electron chi connectivity index (χ4n) is 3.33. The van der Waals surface area contributed by atoms with Crippen molar-refractivity contribution in [2.45, 2.75) is 25.9 Å². The first kappa shape index (κ1) is 12.4. The number of nitrogens with zero attached hydrogens (tertiary/aromatic N) is 2. The second kappa shape index (κ2) is 4.49. The number of hydrogen-bond acceptors (Lipinski definition) is 4. The van der Waals surface area contributed by atoms with E-state index < -0.39 is 0 Å². The maximum absolute atomic E-state index is 12.4. The summed E-state index contributed by atoms with van der Waals surface area (Å²) in [5.41, 5.74) is 7.66. The normalized spacial score (nSPS) is 29.6. The number of rotatable bonds is 1. The molecule has 0 spiro atoms. The molecule has 3 rings (SSSR count). The largest absolute Gasteiger partial charge is 0.398 e. The van der Waals surface area contributed by atoms with Crippen LogP contribution in [0.4, 0.5) is 5.69 Å². The minimum atomic E-state index is -0.253. The molecule has 5 heteroatoms. The fraction of sp³-hybridized carbons (Fsp3) is 0.571. The van der Waals surface area contributed by atoms with Crippen molar-refractivity contribution < 1.29 is 9.90 Å². The van der Waals surface area contributed by atoms with Gasteiger partial charge < -0.3 is 15.7 Å². The molecule has 1 aliphatic carbocycles. The van der Waals surface area contributed by atoms with Crippen LogP contribution in [-0.2, 0) is 0 Å². The van der Waals surface area contributed by atoms with Gasteiger partial charge in [0.2, 0.25) is 0 Å². The number of amides is 1. The standard InChI is InChI=1S/C14H19N3O2/c1-8-4-12(15)10(5-16-8)14(19)17-6-9-2-3-13(18)11(9)7-17/h4-5,9,11,13,18H,2-3,6-7H2,1H3,(H2,15,16). The van der Waals surface area contributed by atoms with Crippen LogP contribution >= 0.6 is 0 Å². The zero-order chi connectivity index (χ0) is 13.6. The molecule has 1 amide bonds. The maximum atomic E-state index is 12.4. The summed E-state index contributed by atoms with van der Waals surface area (Å²) < 4.78 is 0. The zero-order valence-corrected chi connectivity index (χ0v) is 11.0. The van der Waals surface area contributed by atoms with Gasteiger partial charge >= 0.3 is 0 Å². The Morgan fingerprint density at radius 2 is 2.26 bits per heavy atom. The van der Waals surface area contributed by atoms with E-state index in [4.69, 9.17) is 5.73 Å². The van der Waals surface area contributed by atoms with Crippen LogP contribution < -0.4 is 5.73 Å². The first-order valence-electron chi connectivity index (χ1n) is 6.75. The van der Waals surface area contributed by atoms with Crippen molar-refractivity contribution in [3.63, 3.8) is 0 Å². The highest BCUT2D eigenvalue weighted by atomic mass is 16.3. The predicted molar refractivity (Wildman–Crippen MR) is 71.5 cm³/mol. The number of carbonyl (C=O) groups is 1. The van der Waals surface area contributed by atoms with Crippen molar-refractivity contribution in [2.75, 3.05) is 18.8 Å². The number of aryl methyl sites for hydroxylation is 1. The molecule has 1 saturated heterocycles. The third-order valence-electron chi connectivity index (χ3n) is 4.41. The van der Waals surface area contributed by atoms with E-state index in [1.165, 1.54) is 0 Å². The Labute approximate surface area is 112 Å². The maximum Gasteiger partial charge on any atom is 0.257 e. The summed E-state index contributed by atoms with van der Waals surface area (Å²) in [5, 5.41) is 9.89. The number of aliphatic hydroxyl groups is 1. The Morgan fingerprint density at radius 1 is 1.47 bits per heavy atom. The van der Waals surface area contributed by atoms with Crippen LogP contribution in [0.2, 0.25) is 0 Å². The average molecular weight is 261 g/mol. The highest BCUT2D eigenvalue weighted by Gasteiger charge is 2.43. The Hall–Kier alpha value is -1.62. The number of hydrogen-bond donors (Lipinski definition) is 2. The van der Waals surface area contributed by atoms with E-state index in [0.29, 0.717) is 23.7 Å². The van der Waals surface area contributed by atoms with Gasteiger partial charge in [-0.1, -0.05) is 0 Å². The molecule has 2 fully saturated rings. The number of aliphatic hydroxyl groups excluding tert-OH is 1. The molecule has 1 aromatic rings. The highest BCUT2D eigenvalue weighted by Crippen LogP contribution is 2.38. The summed E-state index contributed by atoms with van der Waals surface area (Å²) >= 11 is 0. The number of nitrogens with two attached hydrogens (primary N) is 1. The minimum Gasteiger partial charge on any atom is -0.398 e. The molecule has 3 unspecified atom stereocenters. The first-order chi connectivity index (χ1) is 9.06. The summed E-state index contributed by atoms with van der Waals surface area (Å²) in [5.74, 6) is 0.619. The van der Waals surface area contributed by atoms with Crippen molar-refractivity contribution >= 4 is 11.6 Å². The molecule has 0 aromatic carbocycles. The van der Waals surface area contributed by atoms with Gasteiger partial charge in [0.05, 0.1) is 11.7 Å². The van der Waals surface area contributed by atoms with Crippen molar-refractivity contribution in [3.05, 3.63) is 23.5 Å². The van der Waals surface area contributed by atoms with Crippen LogP contribution in [0, 0.1) is 18.8 Å².